The molecule has 10 heavy (non-hydrogen) atoms. The predicted molar refractivity (Wildman–Crippen MR) is 39.6 cm³/mol. The summed E-state index contributed by atoms with van der Waals surface area (Å²) in [6, 6.07) is 0. The smallest absolute Gasteiger partial charge is 0.219 e. The Morgan fingerprint density at radius 1 is 1.30 bits per heavy atom. The van der Waals surface area contributed by atoms with Crippen LogP contribution in [0.3, 0.4) is 0 Å². The van der Waals surface area contributed by atoms with Gasteiger partial charge in [-0.3, -0.25) is 4.79 Å². The topological polar surface area (TPSA) is 40.5 Å². The molecule has 0 aromatic rings. The van der Waals surface area contributed by atoms with Crippen molar-refractivity contribution in [2.45, 2.75) is 19.8 Å². The van der Waals surface area contributed by atoms with Gasteiger partial charge in [0, 0.05) is 27.1 Å². The highest BCUT2D eigenvalue weighted by Gasteiger charge is 2.12. The number of amides is 1. The second kappa shape index (κ2) is 5.23. The summed E-state index contributed by atoms with van der Waals surface area (Å²) in [5, 5.41) is 7.00. The van der Waals surface area contributed by atoms with Gasteiger partial charge >= 0.3 is 0 Å². The molecular formula is C7H15NO2. The van der Waals surface area contributed by atoms with Crippen molar-refractivity contribution in [3.63, 3.8) is 0 Å². The molecule has 0 saturated carbocycles. The van der Waals surface area contributed by atoms with Crippen LogP contribution in [0.5, 0.6) is 0 Å². The fraction of sp³-hybridized carbons (Fsp3) is 0.857. The van der Waals surface area contributed by atoms with Crippen LogP contribution >= 0.6 is 0 Å². The molecule has 0 unspecified atom stereocenters. The Bertz CT molecular complexity index is 97.8. The Kier molecular flexibility index (Phi) is 4.94. The maximum atomic E-state index is 10.6. The Hall–Kier alpha value is -0.570. The normalized spacial score (nSPS) is 16.1. The zero-order valence-corrected chi connectivity index (χ0v) is 6.63. The average Bonchev–Trinajstić information content (AvgIpc) is 2.42. The summed E-state index contributed by atoms with van der Waals surface area (Å²) in [4.78, 5) is 12.5. The third-order valence-corrected chi connectivity index (χ3v) is 1.55. The summed E-state index contributed by atoms with van der Waals surface area (Å²) in [7, 11) is 1.00. The number of hydrogen-bond donors (Lipinski definition) is 1. The molecule has 1 rings (SSSR count). The lowest BCUT2D eigenvalue weighted by Gasteiger charge is -2.10. The van der Waals surface area contributed by atoms with E-state index < -0.39 is 0 Å². The molecule has 0 aliphatic carbocycles. The quantitative estimate of drug-likeness (QED) is 0.530. The van der Waals surface area contributed by atoms with Crippen LogP contribution in [0.15, 0.2) is 0 Å². The summed E-state index contributed by atoms with van der Waals surface area (Å²) < 4.78 is 0. The molecule has 0 bridgehead atoms. The van der Waals surface area contributed by atoms with Gasteiger partial charge in [0.1, 0.15) is 0 Å². The van der Waals surface area contributed by atoms with Gasteiger partial charge in [-0.25, -0.2) is 0 Å². The second-order valence-electron chi connectivity index (χ2n) is 2.21. The molecule has 1 aliphatic rings. The van der Waals surface area contributed by atoms with Crippen molar-refractivity contribution in [1.29, 1.82) is 0 Å². The molecule has 0 spiro atoms. The number of aliphatic hydroxyl groups is 1. The first-order valence-corrected chi connectivity index (χ1v) is 3.51. The Morgan fingerprint density at radius 2 is 1.70 bits per heavy atom. The molecule has 3 nitrogen and oxygen atoms in total. The van der Waals surface area contributed by atoms with E-state index in [0.717, 1.165) is 20.2 Å². The SMILES string of the molecule is CC(=O)N1CCCC1.CO. The van der Waals surface area contributed by atoms with Gasteiger partial charge in [-0.2, -0.15) is 0 Å². The Labute approximate surface area is 61.6 Å². The highest BCUT2D eigenvalue weighted by Crippen LogP contribution is 2.05. The van der Waals surface area contributed by atoms with E-state index in [2.05, 4.69) is 0 Å². The third kappa shape index (κ3) is 2.82. The van der Waals surface area contributed by atoms with E-state index in [1.807, 2.05) is 4.90 Å². The van der Waals surface area contributed by atoms with Gasteiger partial charge < -0.3 is 10.0 Å². The third-order valence-electron chi connectivity index (χ3n) is 1.55. The number of likely N-dealkylation sites (tertiary alicyclic amines) is 1. The van der Waals surface area contributed by atoms with Crippen LogP contribution < -0.4 is 0 Å². The maximum Gasteiger partial charge on any atom is 0.219 e. The van der Waals surface area contributed by atoms with E-state index in [-0.39, 0.29) is 5.91 Å². The first-order chi connectivity index (χ1) is 4.80. The fourth-order valence-electron chi connectivity index (χ4n) is 1.03. The molecule has 0 aromatic carbocycles. The van der Waals surface area contributed by atoms with Crippen molar-refractivity contribution in [1.82, 2.24) is 4.90 Å². The number of hydrogen-bond acceptors (Lipinski definition) is 2. The van der Waals surface area contributed by atoms with Crippen molar-refractivity contribution < 1.29 is 9.90 Å². The summed E-state index contributed by atoms with van der Waals surface area (Å²) in [5.41, 5.74) is 0. The Balaban J connectivity index is 0.000000371. The standard InChI is InChI=1S/C6H11NO.CH4O/c1-6(8)7-4-2-3-5-7;1-2/h2-5H2,1H3;2H,1H3. The Morgan fingerprint density at radius 3 is 1.90 bits per heavy atom. The van der Waals surface area contributed by atoms with Crippen LogP contribution in [0.25, 0.3) is 0 Å². The molecule has 0 aromatic heterocycles. The van der Waals surface area contributed by atoms with E-state index in [9.17, 15) is 4.79 Å². The number of aliphatic hydroxyl groups excluding tert-OH is 1. The molecule has 1 fully saturated rings. The van der Waals surface area contributed by atoms with Crippen LogP contribution in [0.1, 0.15) is 19.8 Å². The van der Waals surface area contributed by atoms with Crippen molar-refractivity contribution >= 4 is 5.91 Å². The van der Waals surface area contributed by atoms with Crippen LogP contribution in [-0.2, 0) is 4.79 Å². The van der Waals surface area contributed by atoms with E-state index in [4.69, 9.17) is 5.11 Å². The first kappa shape index (κ1) is 9.43. The fourth-order valence-corrected chi connectivity index (χ4v) is 1.03. The van der Waals surface area contributed by atoms with Gasteiger partial charge in [0.25, 0.3) is 0 Å². The molecule has 0 radical (unpaired) electrons. The summed E-state index contributed by atoms with van der Waals surface area (Å²) >= 11 is 0. The van der Waals surface area contributed by atoms with E-state index in [1.54, 1.807) is 6.92 Å². The lowest BCUT2D eigenvalue weighted by Crippen LogP contribution is -2.24. The molecule has 1 saturated heterocycles. The molecule has 60 valence electrons. The minimum atomic E-state index is 0.225. The lowest BCUT2D eigenvalue weighted by molar-refractivity contribution is -0.127. The summed E-state index contributed by atoms with van der Waals surface area (Å²) in [5.74, 6) is 0.225. The van der Waals surface area contributed by atoms with Crippen molar-refractivity contribution in [2.24, 2.45) is 0 Å². The predicted octanol–water partition coefficient (Wildman–Crippen LogP) is 0.237. The summed E-state index contributed by atoms with van der Waals surface area (Å²) in [6.07, 6.45) is 2.39. The molecule has 1 aliphatic heterocycles. The van der Waals surface area contributed by atoms with Crippen molar-refractivity contribution in [2.75, 3.05) is 20.2 Å². The minimum absolute atomic E-state index is 0.225. The molecule has 1 N–H and O–H groups in total. The van der Waals surface area contributed by atoms with Crippen LogP contribution in [0.4, 0.5) is 0 Å². The maximum absolute atomic E-state index is 10.6. The largest absolute Gasteiger partial charge is 0.400 e. The molecular weight excluding hydrogens is 130 g/mol. The summed E-state index contributed by atoms with van der Waals surface area (Å²) in [6.45, 7) is 3.59. The van der Waals surface area contributed by atoms with Crippen molar-refractivity contribution in [3.8, 4) is 0 Å². The van der Waals surface area contributed by atoms with E-state index in [1.165, 1.54) is 12.8 Å². The highest BCUT2D eigenvalue weighted by molar-refractivity contribution is 5.73. The lowest BCUT2D eigenvalue weighted by atomic mass is 10.4. The number of nitrogens with zero attached hydrogens (tertiary/aromatic N) is 1. The molecule has 3 heteroatoms. The van der Waals surface area contributed by atoms with Crippen molar-refractivity contribution in [3.05, 3.63) is 0 Å². The van der Waals surface area contributed by atoms with Gasteiger partial charge in [0.05, 0.1) is 0 Å². The zero-order chi connectivity index (χ0) is 7.98. The van der Waals surface area contributed by atoms with Gasteiger partial charge in [0.15, 0.2) is 0 Å². The monoisotopic (exact) mass is 145 g/mol. The second-order valence-corrected chi connectivity index (χ2v) is 2.21. The van der Waals surface area contributed by atoms with Crippen LogP contribution in [0, 0.1) is 0 Å². The van der Waals surface area contributed by atoms with Gasteiger partial charge in [-0.15, -0.1) is 0 Å². The molecule has 1 heterocycles. The zero-order valence-electron chi connectivity index (χ0n) is 6.63. The van der Waals surface area contributed by atoms with E-state index >= 15 is 0 Å². The van der Waals surface area contributed by atoms with Gasteiger partial charge in [0.2, 0.25) is 5.91 Å². The number of carbonyl (C=O) groups is 1. The van der Waals surface area contributed by atoms with Crippen LogP contribution in [-0.4, -0.2) is 36.1 Å². The van der Waals surface area contributed by atoms with Crippen LogP contribution in [0.2, 0.25) is 0 Å². The first-order valence-electron chi connectivity index (χ1n) is 3.51. The highest BCUT2D eigenvalue weighted by atomic mass is 16.2. The average molecular weight is 145 g/mol. The molecule has 1 amide bonds. The minimum Gasteiger partial charge on any atom is -0.400 e. The molecule has 0 atom stereocenters. The van der Waals surface area contributed by atoms with Gasteiger partial charge in [-0.1, -0.05) is 0 Å². The number of carbonyl (C=O) groups excluding carboxylic acids is 1. The number of rotatable bonds is 0. The van der Waals surface area contributed by atoms with Gasteiger partial charge in [-0.05, 0) is 12.8 Å². The van der Waals surface area contributed by atoms with E-state index in [0.29, 0.717) is 0 Å².